The second-order valence-electron chi connectivity index (χ2n) is 13.8. The Bertz CT molecular complexity index is 2190. The lowest BCUT2D eigenvalue weighted by atomic mass is 10.0. The van der Waals surface area contributed by atoms with Crippen molar-refractivity contribution in [2.75, 3.05) is 14.2 Å². The van der Waals surface area contributed by atoms with E-state index in [1.807, 2.05) is 0 Å². The largest absolute Gasteiger partial charge is 0.314 e. The first kappa shape index (κ1) is 36.0. The third-order valence-electron chi connectivity index (χ3n) is 9.72. The summed E-state index contributed by atoms with van der Waals surface area (Å²) in [6.45, 7) is 6.39. The van der Waals surface area contributed by atoms with Crippen molar-refractivity contribution in [2.45, 2.75) is 33.6 Å². The molecule has 7 rings (SSSR count). The number of rotatable bonds is 11. The molecule has 0 amide bonds. The summed E-state index contributed by atoms with van der Waals surface area (Å²) in [6, 6.07) is 52.7. The summed E-state index contributed by atoms with van der Waals surface area (Å²) >= 11 is 2.47. The Morgan fingerprint density at radius 3 is 1.00 bits per heavy atom. The Morgan fingerprint density at radius 1 is 0.396 bits per heavy atom. The van der Waals surface area contributed by atoms with Crippen molar-refractivity contribution >= 4 is 75.3 Å². The van der Waals surface area contributed by atoms with Crippen LogP contribution in [-0.4, -0.2) is 4.43 Å². The first-order valence-corrected chi connectivity index (χ1v) is 19.9. The summed E-state index contributed by atoms with van der Waals surface area (Å²) in [5, 5.41) is 0. The monoisotopic (exact) mass is 800 g/mol. The number of alkyl halides is 1. The SMILES string of the molecule is Cc1ccc(N(C2=CC=C(CI)CC2)c2ccc(/C=C/c3ccc(/C=C/c4ccc(N(c5ccc(C)cc5)c5ccc(C)cc5)cc4)cc3)cc2)cc1. The maximum absolute atomic E-state index is 2.47. The minimum Gasteiger partial charge on any atom is -0.314 e. The average Bonchev–Trinajstić information content (AvgIpc) is 3.20. The van der Waals surface area contributed by atoms with Crippen molar-refractivity contribution < 1.29 is 0 Å². The first-order chi connectivity index (χ1) is 25.9. The highest BCUT2D eigenvalue weighted by Gasteiger charge is 2.17. The first-order valence-electron chi connectivity index (χ1n) is 18.3. The lowest BCUT2D eigenvalue weighted by molar-refractivity contribution is 0.880. The van der Waals surface area contributed by atoms with Gasteiger partial charge in [-0.25, -0.2) is 0 Å². The Morgan fingerprint density at radius 2 is 0.698 bits per heavy atom. The van der Waals surface area contributed by atoms with Crippen molar-refractivity contribution in [1.82, 2.24) is 0 Å². The van der Waals surface area contributed by atoms with Crippen LogP contribution in [0.2, 0.25) is 0 Å². The topological polar surface area (TPSA) is 6.48 Å². The zero-order valence-corrected chi connectivity index (χ0v) is 32.9. The molecule has 1 aliphatic carbocycles. The molecule has 1 aliphatic rings. The highest BCUT2D eigenvalue weighted by molar-refractivity contribution is 14.1. The number of anilines is 5. The van der Waals surface area contributed by atoms with Gasteiger partial charge in [0, 0.05) is 38.6 Å². The molecule has 0 heterocycles. The molecular weight excluding hydrogens is 755 g/mol. The molecule has 0 saturated heterocycles. The fourth-order valence-electron chi connectivity index (χ4n) is 6.55. The number of allylic oxidation sites excluding steroid dienone is 4. The van der Waals surface area contributed by atoms with Crippen molar-refractivity contribution in [2.24, 2.45) is 0 Å². The van der Waals surface area contributed by atoms with Crippen LogP contribution in [0.1, 0.15) is 51.8 Å². The van der Waals surface area contributed by atoms with E-state index in [0.717, 1.165) is 39.9 Å². The van der Waals surface area contributed by atoms with Gasteiger partial charge in [-0.15, -0.1) is 0 Å². The second kappa shape index (κ2) is 17.0. The van der Waals surface area contributed by atoms with Gasteiger partial charge in [0.25, 0.3) is 0 Å². The number of hydrogen-bond donors (Lipinski definition) is 0. The number of halogens is 1. The molecular formula is C50H45IN2. The van der Waals surface area contributed by atoms with Crippen LogP contribution in [0.15, 0.2) is 169 Å². The highest BCUT2D eigenvalue weighted by atomic mass is 127. The predicted molar refractivity (Wildman–Crippen MR) is 239 cm³/mol. The van der Waals surface area contributed by atoms with E-state index in [4.69, 9.17) is 0 Å². The van der Waals surface area contributed by atoms with Gasteiger partial charge in [0.1, 0.15) is 0 Å². The van der Waals surface area contributed by atoms with Gasteiger partial charge >= 0.3 is 0 Å². The molecule has 0 aliphatic heterocycles. The summed E-state index contributed by atoms with van der Waals surface area (Å²) in [5.41, 5.74) is 17.1. The third kappa shape index (κ3) is 9.16. The summed E-state index contributed by atoms with van der Waals surface area (Å²) < 4.78 is 1.09. The van der Waals surface area contributed by atoms with E-state index in [9.17, 15) is 0 Å². The quantitative estimate of drug-likeness (QED) is 0.0732. The summed E-state index contributed by atoms with van der Waals surface area (Å²) in [4.78, 5) is 4.71. The number of benzene rings is 6. The van der Waals surface area contributed by atoms with Crippen LogP contribution in [0.25, 0.3) is 24.3 Å². The van der Waals surface area contributed by atoms with Gasteiger partial charge in [0.05, 0.1) is 0 Å². The van der Waals surface area contributed by atoms with Crippen molar-refractivity contribution in [3.63, 3.8) is 0 Å². The van der Waals surface area contributed by atoms with Gasteiger partial charge in [0.15, 0.2) is 0 Å². The Kier molecular flexibility index (Phi) is 11.5. The molecule has 53 heavy (non-hydrogen) atoms. The van der Waals surface area contributed by atoms with Crippen LogP contribution < -0.4 is 9.80 Å². The molecule has 0 saturated carbocycles. The van der Waals surface area contributed by atoms with E-state index < -0.39 is 0 Å². The second-order valence-corrected chi connectivity index (χ2v) is 14.6. The van der Waals surface area contributed by atoms with Gasteiger partial charge in [-0.2, -0.15) is 0 Å². The molecule has 0 fully saturated rings. The van der Waals surface area contributed by atoms with Gasteiger partial charge < -0.3 is 9.80 Å². The zero-order valence-electron chi connectivity index (χ0n) is 30.7. The molecule has 0 radical (unpaired) electrons. The molecule has 0 atom stereocenters. The van der Waals surface area contributed by atoms with Crippen molar-refractivity contribution in [1.29, 1.82) is 0 Å². The van der Waals surface area contributed by atoms with Crippen LogP contribution in [0.5, 0.6) is 0 Å². The minimum absolute atomic E-state index is 1.05. The van der Waals surface area contributed by atoms with Gasteiger partial charge in [-0.05, 0) is 123 Å². The van der Waals surface area contributed by atoms with E-state index in [1.165, 1.54) is 56.0 Å². The molecule has 0 bridgehead atoms. The molecule has 0 aromatic heterocycles. The van der Waals surface area contributed by atoms with E-state index in [2.05, 4.69) is 235 Å². The minimum atomic E-state index is 1.05. The van der Waals surface area contributed by atoms with Gasteiger partial charge in [-0.3, -0.25) is 0 Å². The summed E-state index contributed by atoms with van der Waals surface area (Å²) in [5.74, 6) is 0. The number of nitrogens with zero attached hydrogens (tertiary/aromatic N) is 2. The lowest BCUT2D eigenvalue weighted by Crippen LogP contribution is -2.18. The highest BCUT2D eigenvalue weighted by Crippen LogP contribution is 2.36. The van der Waals surface area contributed by atoms with Crippen LogP contribution in [0.4, 0.5) is 28.4 Å². The third-order valence-corrected chi connectivity index (χ3v) is 10.7. The van der Waals surface area contributed by atoms with Crippen LogP contribution in [0, 0.1) is 20.8 Å². The number of hydrogen-bond acceptors (Lipinski definition) is 2. The molecule has 0 N–H and O–H groups in total. The molecule has 262 valence electrons. The van der Waals surface area contributed by atoms with E-state index in [-0.39, 0.29) is 0 Å². The molecule has 0 unspecified atom stereocenters. The molecule has 2 nitrogen and oxygen atoms in total. The van der Waals surface area contributed by atoms with E-state index in [0.29, 0.717) is 0 Å². The zero-order chi connectivity index (χ0) is 36.6. The lowest BCUT2D eigenvalue weighted by Gasteiger charge is -2.30. The summed E-state index contributed by atoms with van der Waals surface area (Å²) in [6.07, 6.45) is 15.5. The molecule has 3 heteroatoms. The van der Waals surface area contributed by atoms with Gasteiger partial charge in [0.2, 0.25) is 0 Å². The Balaban J connectivity index is 1.02. The number of aryl methyl sites for hydroxylation is 3. The van der Waals surface area contributed by atoms with Gasteiger partial charge in [-0.1, -0.05) is 160 Å². The maximum Gasteiger partial charge on any atom is 0.0462 e. The molecule has 6 aromatic carbocycles. The summed E-state index contributed by atoms with van der Waals surface area (Å²) in [7, 11) is 0. The Labute approximate surface area is 329 Å². The van der Waals surface area contributed by atoms with Crippen LogP contribution in [-0.2, 0) is 0 Å². The molecule has 6 aromatic rings. The van der Waals surface area contributed by atoms with Crippen molar-refractivity contribution in [3.05, 3.63) is 208 Å². The fourth-order valence-corrected chi connectivity index (χ4v) is 7.18. The molecule has 0 spiro atoms. The standard InChI is InChI=1S/C50H45IN2/c1-37-4-24-45(25-5-37)52(46-26-6-38(2)7-27-46)48-30-18-42(19-31-48)16-14-40-10-12-41(13-11-40)15-17-43-20-32-49(33-21-43)53(47-28-8-39(3)9-29-47)50-34-22-44(36-51)23-35-50/h4-22,24-34H,23,35-36H2,1-3H3/b16-14+,17-15+. The smallest absolute Gasteiger partial charge is 0.0462 e. The van der Waals surface area contributed by atoms with E-state index >= 15 is 0 Å². The fraction of sp³-hybridized carbons (Fsp3) is 0.120. The average molecular weight is 801 g/mol. The van der Waals surface area contributed by atoms with E-state index in [1.54, 1.807) is 0 Å². The maximum atomic E-state index is 2.47. The van der Waals surface area contributed by atoms with Crippen molar-refractivity contribution in [3.8, 4) is 0 Å². The van der Waals surface area contributed by atoms with Crippen LogP contribution in [0.3, 0.4) is 0 Å². The normalized spacial score (nSPS) is 12.9. The Hall–Kier alpha value is -5.39. The predicted octanol–water partition coefficient (Wildman–Crippen LogP) is 14.6. The van der Waals surface area contributed by atoms with Crippen LogP contribution >= 0.6 is 22.6 Å².